The van der Waals surface area contributed by atoms with E-state index in [1.165, 1.54) is 11.8 Å². The SMILES string of the molecule is COc1cccc(NC(=O)CSc2cc(C)nc3c(-c4ccc(OC)c(OC)c4)cnn23)c1. The van der Waals surface area contributed by atoms with Gasteiger partial charge in [0.15, 0.2) is 17.1 Å². The molecule has 33 heavy (non-hydrogen) atoms. The van der Waals surface area contributed by atoms with Crippen molar-refractivity contribution < 1.29 is 19.0 Å². The van der Waals surface area contributed by atoms with E-state index in [2.05, 4.69) is 15.4 Å². The Morgan fingerprint density at radius 2 is 1.85 bits per heavy atom. The number of hydrogen-bond donors (Lipinski definition) is 1. The lowest BCUT2D eigenvalue weighted by Gasteiger charge is -2.10. The maximum Gasteiger partial charge on any atom is 0.234 e. The Hall–Kier alpha value is -3.72. The molecule has 1 N–H and O–H groups in total. The second kappa shape index (κ2) is 9.83. The number of hydrogen-bond acceptors (Lipinski definition) is 7. The third-order valence-corrected chi connectivity index (χ3v) is 5.96. The van der Waals surface area contributed by atoms with E-state index in [1.54, 1.807) is 38.1 Å². The normalized spacial score (nSPS) is 10.8. The number of benzene rings is 2. The van der Waals surface area contributed by atoms with E-state index < -0.39 is 0 Å². The number of methoxy groups -OCH3 is 3. The average molecular weight is 465 g/mol. The molecule has 2 heterocycles. The molecule has 0 radical (unpaired) electrons. The summed E-state index contributed by atoms with van der Waals surface area (Å²) in [5.74, 6) is 2.07. The molecular weight excluding hydrogens is 440 g/mol. The smallest absolute Gasteiger partial charge is 0.234 e. The van der Waals surface area contributed by atoms with Gasteiger partial charge in [0.25, 0.3) is 0 Å². The summed E-state index contributed by atoms with van der Waals surface area (Å²) in [5.41, 5.74) is 4.00. The number of nitrogens with zero attached hydrogens (tertiary/aromatic N) is 3. The summed E-state index contributed by atoms with van der Waals surface area (Å²) in [6.07, 6.45) is 1.77. The van der Waals surface area contributed by atoms with Gasteiger partial charge in [0.2, 0.25) is 5.91 Å². The lowest BCUT2D eigenvalue weighted by atomic mass is 10.1. The minimum Gasteiger partial charge on any atom is -0.497 e. The lowest BCUT2D eigenvalue weighted by Crippen LogP contribution is -2.14. The number of nitrogens with one attached hydrogen (secondary N) is 1. The summed E-state index contributed by atoms with van der Waals surface area (Å²) in [6.45, 7) is 1.92. The summed E-state index contributed by atoms with van der Waals surface area (Å²) in [6, 6.07) is 14.9. The van der Waals surface area contributed by atoms with Gasteiger partial charge in [-0.15, -0.1) is 0 Å². The first-order chi connectivity index (χ1) is 16.0. The maximum absolute atomic E-state index is 12.5. The summed E-state index contributed by atoms with van der Waals surface area (Å²) in [7, 11) is 4.80. The number of aryl methyl sites for hydroxylation is 1. The highest BCUT2D eigenvalue weighted by Crippen LogP contribution is 2.34. The highest BCUT2D eigenvalue weighted by atomic mass is 32.2. The van der Waals surface area contributed by atoms with Crippen LogP contribution < -0.4 is 19.5 Å². The Balaban J connectivity index is 1.57. The van der Waals surface area contributed by atoms with E-state index in [-0.39, 0.29) is 11.7 Å². The predicted molar refractivity (Wildman–Crippen MR) is 129 cm³/mol. The van der Waals surface area contributed by atoms with Gasteiger partial charge in [-0.05, 0) is 42.8 Å². The van der Waals surface area contributed by atoms with Crippen LogP contribution in [0.4, 0.5) is 5.69 Å². The summed E-state index contributed by atoms with van der Waals surface area (Å²) in [4.78, 5) is 17.2. The first-order valence-electron chi connectivity index (χ1n) is 10.2. The minimum absolute atomic E-state index is 0.122. The van der Waals surface area contributed by atoms with E-state index in [9.17, 15) is 4.79 Å². The van der Waals surface area contributed by atoms with Crippen molar-refractivity contribution in [2.45, 2.75) is 11.9 Å². The second-order valence-corrected chi connectivity index (χ2v) is 8.16. The van der Waals surface area contributed by atoms with Gasteiger partial charge in [-0.25, -0.2) is 9.50 Å². The van der Waals surface area contributed by atoms with Crippen LogP contribution in [0.5, 0.6) is 17.2 Å². The monoisotopic (exact) mass is 464 g/mol. The molecule has 2 aromatic heterocycles. The molecule has 0 atom stereocenters. The zero-order valence-corrected chi connectivity index (χ0v) is 19.6. The quantitative estimate of drug-likeness (QED) is 0.304. The van der Waals surface area contributed by atoms with Crippen LogP contribution in [0, 0.1) is 6.92 Å². The van der Waals surface area contributed by atoms with Crippen LogP contribution in [-0.4, -0.2) is 47.6 Å². The number of carbonyl (C=O) groups excluding carboxylic acids is 1. The first kappa shape index (κ1) is 22.5. The first-order valence-corrected chi connectivity index (χ1v) is 11.2. The van der Waals surface area contributed by atoms with Gasteiger partial charge >= 0.3 is 0 Å². The van der Waals surface area contributed by atoms with E-state index in [0.717, 1.165) is 21.8 Å². The van der Waals surface area contributed by atoms with Gasteiger partial charge < -0.3 is 19.5 Å². The van der Waals surface area contributed by atoms with Crippen LogP contribution in [0.15, 0.2) is 59.8 Å². The molecule has 0 fully saturated rings. The van der Waals surface area contributed by atoms with Gasteiger partial charge in [0.1, 0.15) is 10.8 Å². The number of carbonyl (C=O) groups is 1. The van der Waals surface area contributed by atoms with Gasteiger partial charge in [-0.3, -0.25) is 4.79 Å². The third-order valence-electron chi connectivity index (χ3n) is 4.97. The molecule has 0 bridgehead atoms. The molecule has 4 aromatic rings. The molecule has 0 saturated heterocycles. The number of amides is 1. The van der Waals surface area contributed by atoms with E-state index in [1.807, 2.05) is 49.4 Å². The molecular formula is C24H24N4O4S. The molecule has 2 aromatic carbocycles. The minimum atomic E-state index is -0.122. The van der Waals surface area contributed by atoms with E-state index in [0.29, 0.717) is 28.6 Å². The molecule has 0 spiro atoms. The number of fused-ring (bicyclic) bond motifs is 1. The van der Waals surface area contributed by atoms with E-state index in [4.69, 9.17) is 14.2 Å². The van der Waals surface area contributed by atoms with Gasteiger partial charge in [-0.2, -0.15) is 5.10 Å². The summed E-state index contributed by atoms with van der Waals surface area (Å²) in [5, 5.41) is 8.25. The fraction of sp³-hybridized carbons (Fsp3) is 0.208. The number of ether oxygens (including phenoxy) is 3. The Kier molecular flexibility index (Phi) is 6.69. The number of rotatable bonds is 8. The zero-order valence-electron chi connectivity index (χ0n) is 18.8. The fourth-order valence-corrected chi connectivity index (χ4v) is 4.26. The highest BCUT2D eigenvalue weighted by Gasteiger charge is 2.15. The van der Waals surface area contributed by atoms with Crippen LogP contribution >= 0.6 is 11.8 Å². The van der Waals surface area contributed by atoms with Crippen LogP contribution in [-0.2, 0) is 4.79 Å². The van der Waals surface area contributed by atoms with Gasteiger partial charge in [0.05, 0.1) is 33.3 Å². The Labute approximate surface area is 195 Å². The highest BCUT2D eigenvalue weighted by molar-refractivity contribution is 7.99. The van der Waals surface area contributed by atoms with Gasteiger partial charge in [0, 0.05) is 23.0 Å². The third kappa shape index (κ3) is 4.88. The lowest BCUT2D eigenvalue weighted by molar-refractivity contribution is -0.113. The molecule has 0 unspecified atom stereocenters. The molecule has 0 saturated carbocycles. The Morgan fingerprint density at radius 1 is 1.03 bits per heavy atom. The van der Waals surface area contributed by atoms with Crippen LogP contribution in [0.1, 0.15) is 5.69 Å². The van der Waals surface area contributed by atoms with Crippen molar-refractivity contribution >= 4 is 29.0 Å². The molecule has 0 aliphatic carbocycles. The molecule has 0 aliphatic heterocycles. The van der Waals surface area contributed by atoms with Crippen molar-refractivity contribution in [3.63, 3.8) is 0 Å². The van der Waals surface area contributed by atoms with Crippen molar-refractivity contribution in [3.8, 4) is 28.4 Å². The second-order valence-electron chi connectivity index (χ2n) is 7.17. The topological polar surface area (TPSA) is 87.0 Å². The van der Waals surface area contributed by atoms with Crippen molar-refractivity contribution in [2.24, 2.45) is 0 Å². The molecule has 0 aliphatic rings. The predicted octanol–water partition coefficient (Wildman–Crippen LogP) is 4.46. The molecule has 8 nitrogen and oxygen atoms in total. The van der Waals surface area contributed by atoms with Crippen LogP contribution in [0.3, 0.4) is 0 Å². The molecule has 9 heteroatoms. The largest absolute Gasteiger partial charge is 0.497 e. The summed E-state index contributed by atoms with van der Waals surface area (Å²) >= 11 is 1.40. The van der Waals surface area contributed by atoms with Crippen LogP contribution in [0.25, 0.3) is 16.8 Å². The van der Waals surface area contributed by atoms with E-state index >= 15 is 0 Å². The standard InChI is InChI=1S/C24H24N4O4S/c1-15-10-23(33-14-22(29)27-17-6-5-7-18(12-17)30-2)28-24(26-15)19(13-25-28)16-8-9-20(31-3)21(11-16)32-4/h5-13H,14H2,1-4H3,(H,27,29). The van der Waals surface area contributed by atoms with Crippen molar-refractivity contribution in [3.05, 3.63) is 60.4 Å². The van der Waals surface area contributed by atoms with Crippen molar-refractivity contribution in [1.82, 2.24) is 14.6 Å². The summed E-state index contributed by atoms with van der Waals surface area (Å²) < 4.78 is 17.7. The fourth-order valence-electron chi connectivity index (χ4n) is 3.40. The maximum atomic E-state index is 12.5. The Morgan fingerprint density at radius 3 is 2.61 bits per heavy atom. The Bertz CT molecular complexity index is 1310. The van der Waals surface area contributed by atoms with Crippen molar-refractivity contribution in [1.29, 1.82) is 0 Å². The number of thioether (sulfide) groups is 1. The zero-order chi connectivity index (χ0) is 23.4. The van der Waals surface area contributed by atoms with Crippen LogP contribution in [0.2, 0.25) is 0 Å². The number of anilines is 1. The molecule has 170 valence electrons. The average Bonchev–Trinajstić information content (AvgIpc) is 3.26. The molecule has 1 amide bonds. The van der Waals surface area contributed by atoms with Gasteiger partial charge in [-0.1, -0.05) is 23.9 Å². The number of aromatic nitrogens is 3. The van der Waals surface area contributed by atoms with Crippen molar-refractivity contribution in [2.75, 3.05) is 32.4 Å². The molecule has 4 rings (SSSR count).